The summed E-state index contributed by atoms with van der Waals surface area (Å²) in [7, 11) is 2.05. The number of nitrogens with zero attached hydrogens (tertiary/aromatic N) is 2. The van der Waals surface area contributed by atoms with Crippen LogP contribution < -0.4 is 15.4 Å². The van der Waals surface area contributed by atoms with Gasteiger partial charge in [-0.2, -0.15) is 0 Å². The number of amides is 3. The van der Waals surface area contributed by atoms with Crippen LogP contribution in [-0.2, 0) is 6.54 Å². The molecule has 1 heterocycles. The predicted octanol–water partition coefficient (Wildman–Crippen LogP) is 6.49. The zero-order valence-corrected chi connectivity index (χ0v) is 25.7. The Bertz CT molecular complexity index is 1600. The molecule has 4 aromatic carbocycles. The maximum atomic E-state index is 13.8. The van der Waals surface area contributed by atoms with Gasteiger partial charge in [0.05, 0.1) is 18.2 Å². The number of benzene rings is 4. The Kier molecular flexibility index (Phi) is 10.1. The Hall–Kier alpha value is -4.73. The normalized spacial score (nSPS) is 17.1. The summed E-state index contributed by atoms with van der Waals surface area (Å²) < 4.78 is 19.8. The van der Waals surface area contributed by atoms with E-state index in [0.29, 0.717) is 35.8 Å². The second kappa shape index (κ2) is 14.4. The van der Waals surface area contributed by atoms with Crippen LogP contribution in [0.4, 0.5) is 20.6 Å². The van der Waals surface area contributed by atoms with E-state index in [9.17, 15) is 19.1 Å². The van der Waals surface area contributed by atoms with E-state index in [1.807, 2.05) is 32.2 Å². The van der Waals surface area contributed by atoms with E-state index in [0.717, 1.165) is 6.54 Å². The number of fused-ring (bicyclic) bond motifs is 1. The molecule has 0 saturated carbocycles. The number of ether oxygens (including phenoxy) is 1. The van der Waals surface area contributed by atoms with Crippen LogP contribution in [0.3, 0.4) is 0 Å². The third-order valence-corrected chi connectivity index (χ3v) is 8.03. The van der Waals surface area contributed by atoms with Crippen molar-refractivity contribution in [2.75, 3.05) is 37.4 Å². The van der Waals surface area contributed by atoms with Gasteiger partial charge in [0, 0.05) is 36.9 Å². The molecule has 0 radical (unpaired) electrons. The Morgan fingerprint density at radius 2 is 1.62 bits per heavy atom. The summed E-state index contributed by atoms with van der Waals surface area (Å²) in [5.41, 5.74) is 4.64. The van der Waals surface area contributed by atoms with Crippen molar-refractivity contribution in [1.82, 2.24) is 9.80 Å². The number of carbonyl (C=O) groups excluding carboxylic acids is 2. The molecular formula is C36H39FN4O4. The highest BCUT2D eigenvalue weighted by Crippen LogP contribution is 2.31. The molecule has 0 aromatic heterocycles. The number of halogens is 1. The largest absolute Gasteiger partial charge is 0.488 e. The van der Waals surface area contributed by atoms with Crippen molar-refractivity contribution in [3.63, 3.8) is 0 Å². The molecule has 0 bridgehead atoms. The van der Waals surface area contributed by atoms with Gasteiger partial charge in [-0.1, -0.05) is 61.5 Å². The van der Waals surface area contributed by atoms with Crippen molar-refractivity contribution in [2.24, 2.45) is 5.92 Å². The van der Waals surface area contributed by atoms with Crippen molar-refractivity contribution >= 4 is 23.3 Å². The molecule has 45 heavy (non-hydrogen) atoms. The van der Waals surface area contributed by atoms with E-state index in [4.69, 9.17) is 4.74 Å². The van der Waals surface area contributed by atoms with Gasteiger partial charge in [-0.25, -0.2) is 9.18 Å². The average Bonchev–Trinajstić information content (AvgIpc) is 3.04. The first-order valence-corrected chi connectivity index (χ1v) is 15.1. The van der Waals surface area contributed by atoms with Crippen LogP contribution in [-0.4, -0.2) is 65.7 Å². The minimum Gasteiger partial charge on any atom is -0.488 e. The Labute approximate surface area is 263 Å². The van der Waals surface area contributed by atoms with Gasteiger partial charge in [0.15, 0.2) is 0 Å². The zero-order chi connectivity index (χ0) is 31.9. The number of anilines is 2. The maximum Gasteiger partial charge on any atom is 0.323 e. The van der Waals surface area contributed by atoms with Crippen molar-refractivity contribution in [3.05, 3.63) is 114 Å². The van der Waals surface area contributed by atoms with E-state index in [2.05, 4.69) is 58.9 Å². The number of hydrogen-bond acceptors (Lipinski definition) is 5. The SMILES string of the molecule is C[C@@H]1CN([C@H](C)CO)C(=O)c2cc(NC(=O)Nc3ccc(F)cc3)ccc2O[C@@H]1CN(C)Cc1ccc(-c2ccccc2)cc1. The van der Waals surface area contributed by atoms with E-state index in [1.54, 1.807) is 23.1 Å². The second-order valence-electron chi connectivity index (χ2n) is 11.7. The number of aliphatic hydroxyl groups excluding tert-OH is 1. The molecule has 0 fully saturated rings. The van der Waals surface area contributed by atoms with E-state index in [1.165, 1.54) is 41.0 Å². The monoisotopic (exact) mass is 610 g/mol. The van der Waals surface area contributed by atoms with Crippen LogP contribution in [0.2, 0.25) is 0 Å². The highest BCUT2D eigenvalue weighted by atomic mass is 19.1. The lowest BCUT2D eigenvalue weighted by molar-refractivity contribution is 0.0341. The molecule has 1 aliphatic heterocycles. The van der Waals surface area contributed by atoms with Gasteiger partial charge in [0.25, 0.3) is 5.91 Å². The number of aliphatic hydroxyl groups is 1. The number of carbonyl (C=O) groups is 2. The molecule has 0 unspecified atom stereocenters. The number of nitrogens with one attached hydrogen (secondary N) is 2. The third-order valence-electron chi connectivity index (χ3n) is 8.03. The minimum absolute atomic E-state index is 0.0294. The van der Waals surface area contributed by atoms with Gasteiger partial charge in [0.2, 0.25) is 0 Å². The van der Waals surface area contributed by atoms with Crippen LogP contribution in [0.1, 0.15) is 29.8 Å². The van der Waals surface area contributed by atoms with Crippen LogP contribution in [0, 0.1) is 11.7 Å². The van der Waals surface area contributed by atoms with Crippen LogP contribution in [0.25, 0.3) is 11.1 Å². The summed E-state index contributed by atoms with van der Waals surface area (Å²) in [5, 5.41) is 15.4. The quantitative estimate of drug-likeness (QED) is 0.202. The Morgan fingerprint density at radius 3 is 2.31 bits per heavy atom. The molecule has 3 amide bonds. The van der Waals surface area contributed by atoms with Crippen LogP contribution >= 0.6 is 0 Å². The highest BCUT2D eigenvalue weighted by molar-refractivity contribution is 6.02. The second-order valence-corrected chi connectivity index (χ2v) is 11.7. The van der Waals surface area contributed by atoms with Gasteiger partial charge < -0.3 is 25.4 Å². The molecular weight excluding hydrogens is 571 g/mol. The third kappa shape index (κ3) is 8.06. The standard InChI is InChI=1S/C36H39FN4O4/c1-24-20-41(25(2)23-42)35(43)32-19-31(39-36(44)38-30-15-13-29(37)14-16-30)17-18-33(32)45-34(24)22-40(3)21-26-9-11-28(12-10-26)27-7-5-4-6-8-27/h4-19,24-25,34,42H,20-23H2,1-3H3,(H2,38,39,44)/t24-,25-,34-/m1/s1. The molecule has 5 rings (SSSR count). The fraction of sp³-hybridized carbons (Fsp3) is 0.278. The number of likely N-dealkylation sites (N-methyl/N-ethyl adjacent to an activating group) is 1. The zero-order valence-electron chi connectivity index (χ0n) is 25.7. The number of hydrogen-bond donors (Lipinski definition) is 3. The van der Waals surface area contributed by atoms with Crippen LogP contribution in [0.5, 0.6) is 5.75 Å². The number of rotatable bonds is 9. The Morgan fingerprint density at radius 1 is 0.978 bits per heavy atom. The van der Waals surface area contributed by atoms with Crippen molar-refractivity contribution in [2.45, 2.75) is 32.5 Å². The van der Waals surface area contributed by atoms with Gasteiger partial charge in [-0.15, -0.1) is 0 Å². The first kappa shape index (κ1) is 31.7. The fourth-order valence-corrected chi connectivity index (χ4v) is 5.46. The number of urea groups is 1. The lowest BCUT2D eigenvalue weighted by Crippen LogP contribution is -2.49. The fourth-order valence-electron chi connectivity index (χ4n) is 5.46. The summed E-state index contributed by atoms with van der Waals surface area (Å²) in [6, 6.07) is 28.2. The smallest absolute Gasteiger partial charge is 0.323 e. The summed E-state index contributed by atoms with van der Waals surface area (Å²) >= 11 is 0. The van der Waals surface area contributed by atoms with Crippen molar-refractivity contribution < 1.29 is 23.8 Å². The molecule has 8 nitrogen and oxygen atoms in total. The Balaban J connectivity index is 1.32. The van der Waals surface area contributed by atoms with Gasteiger partial charge in [0.1, 0.15) is 17.7 Å². The molecule has 0 saturated heterocycles. The van der Waals surface area contributed by atoms with Gasteiger partial charge >= 0.3 is 6.03 Å². The minimum atomic E-state index is -0.536. The lowest BCUT2D eigenvalue weighted by atomic mass is 9.99. The molecule has 3 atom stereocenters. The molecule has 1 aliphatic rings. The molecule has 234 valence electrons. The highest BCUT2D eigenvalue weighted by Gasteiger charge is 2.33. The van der Waals surface area contributed by atoms with Gasteiger partial charge in [-0.3, -0.25) is 9.69 Å². The first-order valence-electron chi connectivity index (χ1n) is 15.1. The summed E-state index contributed by atoms with van der Waals surface area (Å²) in [4.78, 5) is 30.3. The van der Waals surface area contributed by atoms with Crippen molar-refractivity contribution in [1.29, 1.82) is 0 Å². The molecule has 9 heteroatoms. The van der Waals surface area contributed by atoms with Gasteiger partial charge in [-0.05, 0) is 73.1 Å². The summed E-state index contributed by atoms with van der Waals surface area (Å²) in [5.74, 6) is -0.305. The molecule has 0 spiro atoms. The molecule has 4 aromatic rings. The molecule has 0 aliphatic carbocycles. The average molecular weight is 611 g/mol. The van der Waals surface area contributed by atoms with Crippen LogP contribution in [0.15, 0.2) is 97.1 Å². The van der Waals surface area contributed by atoms with E-state index < -0.39 is 17.9 Å². The van der Waals surface area contributed by atoms with Crippen molar-refractivity contribution in [3.8, 4) is 16.9 Å². The topological polar surface area (TPSA) is 94.1 Å². The summed E-state index contributed by atoms with van der Waals surface area (Å²) in [6.07, 6.45) is -0.251. The summed E-state index contributed by atoms with van der Waals surface area (Å²) in [6.45, 7) is 5.40. The lowest BCUT2D eigenvalue weighted by Gasteiger charge is -2.38. The van der Waals surface area contributed by atoms with E-state index >= 15 is 0 Å². The first-order chi connectivity index (χ1) is 21.7. The van der Waals surface area contributed by atoms with E-state index in [-0.39, 0.29) is 24.5 Å². The predicted molar refractivity (Wildman–Crippen MR) is 175 cm³/mol. The molecule has 3 N–H and O–H groups in total. The maximum absolute atomic E-state index is 13.8.